The molecule has 40 heavy (non-hydrogen) atoms. The van der Waals surface area contributed by atoms with Gasteiger partial charge in [0.1, 0.15) is 12.4 Å². The normalized spacial score (nSPS) is 16.3. The van der Waals surface area contributed by atoms with Crippen LogP contribution in [0.1, 0.15) is 29.5 Å². The molecule has 1 aliphatic rings. The fourth-order valence-electron chi connectivity index (χ4n) is 4.24. The number of aliphatic hydroxyl groups is 1. The van der Waals surface area contributed by atoms with Gasteiger partial charge in [-0.2, -0.15) is 0 Å². The molecule has 3 N–H and O–H groups in total. The number of aliphatic hydroxyl groups excluding tert-OH is 1. The van der Waals surface area contributed by atoms with Gasteiger partial charge >= 0.3 is 0 Å². The summed E-state index contributed by atoms with van der Waals surface area (Å²) >= 11 is 0. The smallest absolute Gasteiger partial charge is 0.266 e. The molecule has 0 spiro atoms. The second-order valence-corrected chi connectivity index (χ2v) is 9.16. The molecule has 1 aliphatic heterocycles. The van der Waals surface area contributed by atoms with Gasteiger partial charge in [-0.1, -0.05) is 54.6 Å². The highest BCUT2D eigenvalue weighted by Crippen LogP contribution is 2.31. The first-order chi connectivity index (χ1) is 19.6. The first-order valence-electron chi connectivity index (χ1n) is 13.1. The number of para-hydroxylation sites is 1. The van der Waals surface area contributed by atoms with Crippen molar-refractivity contribution in [2.45, 2.75) is 24.9 Å². The van der Waals surface area contributed by atoms with E-state index in [0.29, 0.717) is 49.1 Å². The van der Waals surface area contributed by atoms with Crippen LogP contribution in [0.15, 0.2) is 83.9 Å². The molecule has 9 nitrogen and oxygen atoms in total. The minimum Gasteiger partial charge on any atom is -0.494 e. The topological polar surface area (TPSA) is 111 Å². The van der Waals surface area contributed by atoms with Crippen LogP contribution in [-0.2, 0) is 16.1 Å². The number of hydrogen-bond acceptors (Lipinski definition) is 8. The van der Waals surface area contributed by atoms with Gasteiger partial charge in [-0.3, -0.25) is 10.2 Å². The number of nitrogens with one attached hydrogen (secondary N) is 2. The van der Waals surface area contributed by atoms with E-state index in [-0.39, 0.29) is 19.1 Å². The van der Waals surface area contributed by atoms with Gasteiger partial charge in [0.05, 0.1) is 20.8 Å². The summed E-state index contributed by atoms with van der Waals surface area (Å²) in [6.45, 7) is 0.913. The Labute approximate surface area is 234 Å². The zero-order valence-electron chi connectivity index (χ0n) is 22.8. The Morgan fingerprint density at radius 3 is 2.58 bits per heavy atom. The summed E-state index contributed by atoms with van der Waals surface area (Å²) < 4.78 is 22.4. The fraction of sp³-hybridized carbons (Fsp3) is 0.290. The van der Waals surface area contributed by atoms with E-state index in [0.717, 1.165) is 16.7 Å². The number of methoxy groups -OCH3 is 2. The van der Waals surface area contributed by atoms with E-state index in [2.05, 4.69) is 10.9 Å². The molecule has 0 fully saturated rings. The Balaban J connectivity index is 1.50. The number of hydrogen-bond donors (Lipinski definition) is 3. The summed E-state index contributed by atoms with van der Waals surface area (Å²) in [5.74, 6) is 1.97. The zero-order chi connectivity index (χ0) is 28.2. The van der Waals surface area contributed by atoms with Crippen LogP contribution < -0.4 is 25.1 Å². The van der Waals surface area contributed by atoms with Crippen molar-refractivity contribution in [3.63, 3.8) is 0 Å². The average Bonchev–Trinajstić information content (AvgIpc) is 3.43. The maximum absolute atomic E-state index is 13.6. The lowest BCUT2D eigenvalue weighted by Gasteiger charge is -2.22. The van der Waals surface area contributed by atoms with Gasteiger partial charge in [0.2, 0.25) is 5.90 Å². The molecule has 0 unspecified atom stereocenters. The van der Waals surface area contributed by atoms with Crippen molar-refractivity contribution in [3.05, 3.63) is 95.6 Å². The average molecular weight is 546 g/mol. The molecule has 1 heterocycles. The van der Waals surface area contributed by atoms with Crippen molar-refractivity contribution in [3.8, 4) is 17.2 Å². The molecule has 0 aliphatic carbocycles. The van der Waals surface area contributed by atoms with Crippen molar-refractivity contribution in [1.29, 1.82) is 0 Å². The van der Waals surface area contributed by atoms with Crippen LogP contribution in [0.4, 0.5) is 0 Å². The van der Waals surface area contributed by atoms with E-state index in [1.807, 2.05) is 84.9 Å². The third-order valence-corrected chi connectivity index (χ3v) is 6.39. The summed E-state index contributed by atoms with van der Waals surface area (Å²) in [4.78, 5) is 18.3. The molecule has 3 aromatic rings. The Kier molecular flexibility index (Phi) is 10.1. The van der Waals surface area contributed by atoms with Crippen LogP contribution in [0.2, 0.25) is 0 Å². The van der Waals surface area contributed by atoms with E-state index in [1.54, 1.807) is 14.2 Å². The minimum absolute atomic E-state index is 0.0769. The maximum atomic E-state index is 13.6. The van der Waals surface area contributed by atoms with Gasteiger partial charge in [0.25, 0.3) is 5.91 Å². The molecule has 1 atom stereocenters. The number of benzene rings is 3. The molecule has 0 bridgehead atoms. The number of ether oxygens (including phenoxy) is 4. The Hall–Kier alpha value is -4.34. The molecule has 210 valence electrons. The molecular weight excluding hydrogens is 510 g/mol. The van der Waals surface area contributed by atoms with E-state index in [1.165, 1.54) is 0 Å². The van der Waals surface area contributed by atoms with Gasteiger partial charge in [0.15, 0.2) is 17.0 Å². The van der Waals surface area contributed by atoms with Crippen LogP contribution in [0, 0.1) is 0 Å². The molecular formula is C31H35N3O6. The summed E-state index contributed by atoms with van der Waals surface area (Å²) in [5, 5.41) is 8.94. The molecule has 3 aromatic carbocycles. The molecule has 1 amide bonds. The predicted molar refractivity (Wildman–Crippen MR) is 153 cm³/mol. The van der Waals surface area contributed by atoms with Crippen molar-refractivity contribution < 1.29 is 28.8 Å². The van der Waals surface area contributed by atoms with Crippen LogP contribution in [0.5, 0.6) is 17.2 Å². The second-order valence-electron chi connectivity index (χ2n) is 9.16. The Bertz CT molecular complexity index is 1310. The molecule has 0 saturated heterocycles. The first-order valence-corrected chi connectivity index (χ1v) is 13.1. The minimum atomic E-state index is -1.16. The van der Waals surface area contributed by atoms with E-state index in [9.17, 15) is 4.79 Å². The van der Waals surface area contributed by atoms with Crippen LogP contribution in [-0.4, -0.2) is 56.5 Å². The van der Waals surface area contributed by atoms with Crippen LogP contribution in [0.3, 0.4) is 0 Å². The quantitative estimate of drug-likeness (QED) is 0.208. The number of aliphatic imine (C=N–C) groups is 1. The van der Waals surface area contributed by atoms with E-state index in [4.69, 9.17) is 29.0 Å². The molecule has 4 rings (SSSR count). The van der Waals surface area contributed by atoms with Crippen LogP contribution in [0.25, 0.3) is 6.08 Å². The van der Waals surface area contributed by atoms with Gasteiger partial charge in [-0.25, -0.2) is 10.4 Å². The van der Waals surface area contributed by atoms with Crippen molar-refractivity contribution in [1.82, 2.24) is 10.9 Å². The monoisotopic (exact) mass is 545 g/mol. The SMILES string of the molecule is COc1cccc(CNNC(=O)[C@]2(C/C=C/c3ccccc3)COC(c3ccc(OCCCO)cc3)=N2)c1OC. The summed E-state index contributed by atoms with van der Waals surface area (Å²) in [5.41, 5.74) is 7.25. The number of hydrazine groups is 1. The number of rotatable bonds is 14. The van der Waals surface area contributed by atoms with Crippen molar-refractivity contribution in [2.75, 3.05) is 34.0 Å². The van der Waals surface area contributed by atoms with Gasteiger partial charge in [0, 0.05) is 37.1 Å². The third kappa shape index (κ3) is 7.19. The Morgan fingerprint density at radius 2 is 1.85 bits per heavy atom. The van der Waals surface area contributed by atoms with Gasteiger partial charge < -0.3 is 24.1 Å². The molecule has 0 radical (unpaired) electrons. The van der Waals surface area contributed by atoms with Crippen molar-refractivity contribution >= 4 is 17.9 Å². The summed E-state index contributed by atoms with van der Waals surface area (Å²) in [7, 11) is 3.16. The molecule has 0 saturated carbocycles. The highest BCUT2D eigenvalue weighted by atomic mass is 16.5. The lowest BCUT2D eigenvalue weighted by Crippen LogP contribution is -2.51. The second kappa shape index (κ2) is 14.2. The predicted octanol–water partition coefficient (Wildman–Crippen LogP) is 3.91. The molecule has 0 aromatic heterocycles. The number of amides is 1. The fourth-order valence-corrected chi connectivity index (χ4v) is 4.24. The lowest BCUT2D eigenvalue weighted by atomic mass is 9.95. The zero-order valence-corrected chi connectivity index (χ0v) is 22.8. The van der Waals surface area contributed by atoms with Crippen molar-refractivity contribution in [2.24, 2.45) is 4.99 Å². The van der Waals surface area contributed by atoms with Gasteiger partial charge in [-0.15, -0.1) is 0 Å². The summed E-state index contributed by atoms with van der Waals surface area (Å²) in [6.07, 6.45) is 4.80. The standard InChI is InChI=1S/C31H35N3O6/c1-37-27-13-6-12-25(28(27)38-2)21-32-34-30(36)31(18-7-11-23-9-4-3-5-10-23)22-40-29(33-31)24-14-16-26(17-15-24)39-20-8-19-35/h3-7,9-17,32,35H,8,18-22H2,1-2H3,(H,34,36)/b11-7+/t31-/m0/s1. The summed E-state index contributed by atoms with van der Waals surface area (Å²) in [6, 6.07) is 22.8. The van der Waals surface area contributed by atoms with Gasteiger partial charge in [-0.05, 0) is 35.9 Å². The van der Waals surface area contributed by atoms with Crippen LogP contribution >= 0.6 is 0 Å². The maximum Gasteiger partial charge on any atom is 0.266 e. The number of carbonyl (C=O) groups is 1. The number of nitrogens with zero attached hydrogens (tertiary/aromatic N) is 1. The highest BCUT2D eigenvalue weighted by Gasteiger charge is 2.43. The highest BCUT2D eigenvalue weighted by molar-refractivity contribution is 6.00. The lowest BCUT2D eigenvalue weighted by molar-refractivity contribution is -0.127. The molecule has 9 heteroatoms. The third-order valence-electron chi connectivity index (χ3n) is 6.39. The largest absolute Gasteiger partial charge is 0.494 e. The number of carbonyl (C=O) groups excluding carboxylic acids is 1. The van der Waals surface area contributed by atoms with E-state index < -0.39 is 5.54 Å². The van der Waals surface area contributed by atoms with E-state index >= 15 is 0 Å². The first kappa shape index (κ1) is 28.7. The Morgan fingerprint density at radius 1 is 1.05 bits per heavy atom.